The lowest BCUT2D eigenvalue weighted by atomic mass is 10.1. The third-order valence-electron chi connectivity index (χ3n) is 3.78. The summed E-state index contributed by atoms with van der Waals surface area (Å²) in [6, 6.07) is 9.45. The van der Waals surface area contributed by atoms with Gasteiger partial charge in [0, 0.05) is 6.54 Å². The molecular weight excluding hydrogens is 250 g/mol. The molecule has 1 heterocycles. The quantitative estimate of drug-likeness (QED) is 0.734. The zero-order chi connectivity index (χ0) is 14.2. The van der Waals surface area contributed by atoms with Gasteiger partial charge in [-0.05, 0) is 50.9 Å². The van der Waals surface area contributed by atoms with Gasteiger partial charge < -0.3 is 16.0 Å². The summed E-state index contributed by atoms with van der Waals surface area (Å²) in [6.45, 7) is 4.22. The first-order valence-electron chi connectivity index (χ1n) is 7.55. The molecule has 0 aromatic heterocycles. The summed E-state index contributed by atoms with van der Waals surface area (Å²) < 4.78 is 0. The third-order valence-corrected chi connectivity index (χ3v) is 3.78. The highest BCUT2D eigenvalue weighted by atomic mass is 16.2. The van der Waals surface area contributed by atoms with E-state index in [0.29, 0.717) is 6.42 Å². The minimum Gasteiger partial charge on any atom is -0.355 e. The van der Waals surface area contributed by atoms with Gasteiger partial charge in [-0.25, -0.2) is 0 Å². The molecule has 0 radical (unpaired) electrons. The normalized spacial score (nSPS) is 17.1. The molecule has 1 atom stereocenters. The summed E-state index contributed by atoms with van der Waals surface area (Å²) in [5.41, 5.74) is 7.04. The van der Waals surface area contributed by atoms with Crippen LogP contribution >= 0.6 is 0 Å². The van der Waals surface area contributed by atoms with Crippen molar-refractivity contribution in [3.8, 4) is 0 Å². The van der Waals surface area contributed by atoms with Gasteiger partial charge in [-0.15, -0.1) is 0 Å². The first-order valence-corrected chi connectivity index (χ1v) is 7.55. The SMILES string of the molecule is N[C@H](Cc1ccccc1)C(=O)NCCCN1CCCC1. The molecule has 4 nitrogen and oxygen atoms in total. The van der Waals surface area contributed by atoms with Gasteiger partial charge in [0.05, 0.1) is 6.04 Å². The number of nitrogens with one attached hydrogen (secondary N) is 1. The summed E-state index contributed by atoms with van der Waals surface area (Å²) in [5, 5.41) is 2.94. The van der Waals surface area contributed by atoms with E-state index in [2.05, 4.69) is 10.2 Å². The zero-order valence-corrected chi connectivity index (χ0v) is 12.1. The lowest BCUT2D eigenvalue weighted by Crippen LogP contribution is -2.42. The fraction of sp³-hybridized carbons (Fsp3) is 0.562. The molecule has 110 valence electrons. The molecule has 1 aromatic carbocycles. The third kappa shape index (κ3) is 4.94. The van der Waals surface area contributed by atoms with E-state index in [0.717, 1.165) is 25.1 Å². The lowest BCUT2D eigenvalue weighted by molar-refractivity contribution is -0.122. The number of nitrogens with two attached hydrogens (primary N) is 1. The Morgan fingerprint density at radius 3 is 2.65 bits per heavy atom. The molecule has 0 unspecified atom stereocenters. The van der Waals surface area contributed by atoms with Gasteiger partial charge in [-0.2, -0.15) is 0 Å². The van der Waals surface area contributed by atoms with Crippen molar-refractivity contribution < 1.29 is 4.79 Å². The van der Waals surface area contributed by atoms with Crippen molar-refractivity contribution in [3.05, 3.63) is 35.9 Å². The standard InChI is InChI=1S/C16H25N3O/c17-15(13-14-7-2-1-3-8-14)16(20)18-9-6-12-19-10-4-5-11-19/h1-3,7-8,15H,4-6,9-13,17H2,(H,18,20)/t15-/m1/s1. The Balaban J connectivity index is 1.61. The van der Waals surface area contributed by atoms with Crippen molar-refractivity contribution in [3.63, 3.8) is 0 Å². The van der Waals surface area contributed by atoms with Crippen LogP contribution in [0, 0.1) is 0 Å². The maximum Gasteiger partial charge on any atom is 0.237 e. The minimum atomic E-state index is -0.454. The molecule has 0 spiro atoms. The smallest absolute Gasteiger partial charge is 0.237 e. The first kappa shape index (κ1) is 15.0. The van der Waals surface area contributed by atoms with Gasteiger partial charge in [-0.1, -0.05) is 30.3 Å². The monoisotopic (exact) mass is 275 g/mol. The van der Waals surface area contributed by atoms with Crippen molar-refractivity contribution in [2.24, 2.45) is 5.73 Å². The van der Waals surface area contributed by atoms with Crippen molar-refractivity contribution in [1.29, 1.82) is 0 Å². The Labute approximate surface area is 121 Å². The van der Waals surface area contributed by atoms with Gasteiger partial charge in [0.1, 0.15) is 0 Å². The fourth-order valence-electron chi connectivity index (χ4n) is 2.61. The van der Waals surface area contributed by atoms with Gasteiger partial charge in [0.15, 0.2) is 0 Å². The fourth-order valence-corrected chi connectivity index (χ4v) is 2.61. The van der Waals surface area contributed by atoms with Crippen LogP contribution in [0.15, 0.2) is 30.3 Å². The van der Waals surface area contributed by atoms with Gasteiger partial charge >= 0.3 is 0 Å². The molecular formula is C16H25N3O. The van der Waals surface area contributed by atoms with Crippen LogP contribution in [0.1, 0.15) is 24.8 Å². The molecule has 4 heteroatoms. The molecule has 1 aliphatic heterocycles. The van der Waals surface area contributed by atoms with E-state index >= 15 is 0 Å². The summed E-state index contributed by atoms with van der Waals surface area (Å²) >= 11 is 0. The number of carbonyl (C=O) groups excluding carboxylic acids is 1. The van der Waals surface area contributed by atoms with Gasteiger partial charge in [0.25, 0.3) is 0 Å². The zero-order valence-electron chi connectivity index (χ0n) is 12.1. The number of benzene rings is 1. The topological polar surface area (TPSA) is 58.4 Å². The molecule has 1 aromatic rings. The molecule has 3 N–H and O–H groups in total. The molecule has 20 heavy (non-hydrogen) atoms. The molecule has 1 fully saturated rings. The van der Waals surface area contributed by atoms with Crippen molar-refractivity contribution in [2.75, 3.05) is 26.2 Å². The van der Waals surface area contributed by atoms with Crippen LogP contribution in [0.25, 0.3) is 0 Å². The van der Waals surface area contributed by atoms with Crippen LogP contribution in [0.3, 0.4) is 0 Å². The Bertz CT molecular complexity index is 401. The highest BCUT2D eigenvalue weighted by Gasteiger charge is 2.14. The summed E-state index contributed by atoms with van der Waals surface area (Å²) in [4.78, 5) is 14.3. The van der Waals surface area contributed by atoms with E-state index in [1.165, 1.54) is 25.9 Å². The number of hydrogen-bond donors (Lipinski definition) is 2. The largest absolute Gasteiger partial charge is 0.355 e. The predicted molar refractivity (Wildman–Crippen MR) is 81.4 cm³/mol. The average Bonchev–Trinajstić information content (AvgIpc) is 2.97. The molecule has 1 saturated heterocycles. The van der Waals surface area contributed by atoms with Crippen LogP contribution in [0.5, 0.6) is 0 Å². The van der Waals surface area contributed by atoms with E-state index in [1.807, 2.05) is 30.3 Å². The number of amides is 1. The molecule has 0 aliphatic carbocycles. The molecule has 0 saturated carbocycles. The van der Waals surface area contributed by atoms with Crippen molar-refractivity contribution in [2.45, 2.75) is 31.7 Å². The first-order chi connectivity index (χ1) is 9.75. The second kappa shape index (κ2) is 8.02. The maximum atomic E-state index is 11.9. The van der Waals surface area contributed by atoms with E-state index in [-0.39, 0.29) is 5.91 Å². The van der Waals surface area contributed by atoms with Crippen molar-refractivity contribution >= 4 is 5.91 Å². The second-order valence-corrected chi connectivity index (χ2v) is 5.49. The average molecular weight is 275 g/mol. The number of carbonyl (C=O) groups is 1. The number of rotatable bonds is 7. The number of nitrogens with zero attached hydrogens (tertiary/aromatic N) is 1. The van der Waals surface area contributed by atoms with Crippen LogP contribution in [0.2, 0.25) is 0 Å². The molecule has 0 bridgehead atoms. The molecule has 1 amide bonds. The Kier molecular flexibility index (Phi) is 6.02. The van der Waals surface area contributed by atoms with Crippen LogP contribution in [-0.4, -0.2) is 43.0 Å². The summed E-state index contributed by atoms with van der Waals surface area (Å²) in [5.74, 6) is -0.0460. The second-order valence-electron chi connectivity index (χ2n) is 5.49. The Morgan fingerprint density at radius 2 is 1.95 bits per heavy atom. The van der Waals surface area contributed by atoms with Crippen molar-refractivity contribution in [1.82, 2.24) is 10.2 Å². The van der Waals surface area contributed by atoms with Crippen LogP contribution in [0.4, 0.5) is 0 Å². The van der Waals surface area contributed by atoms with Crippen LogP contribution in [-0.2, 0) is 11.2 Å². The molecule has 2 rings (SSSR count). The predicted octanol–water partition coefficient (Wildman–Crippen LogP) is 1.16. The number of hydrogen-bond acceptors (Lipinski definition) is 3. The van der Waals surface area contributed by atoms with E-state index in [1.54, 1.807) is 0 Å². The summed E-state index contributed by atoms with van der Waals surface area (Å²) in [6.07, 6.45) is 4.23. The van der Waals surface area contributed by atoms with Gasteiger partial charge in [0.2, 0.25) is 5.91 Å². The Morgan fingerprint density at radius 1 is 1.25 bits per heavy atom. The van der Waals surface area contributed by atoms with Crippen LogP contribution < -0.4 is 11.1 Å². The molecule has 1 aliphatic rings. The minimum absolute atomic E-state index is 0.0460. The Hall–Kier alpha value is -1.39. The van der Waals surface area contributed by atoms with E-state index in [9.17, 15) is 4.79 Å². The highest BCUT2D eigenvalue weighted by Crippen LogP contribution is 2.07. The van der Waals surface area contributed by atoms with E-state index < -0.39 is 6.04 Å². The highest BCUT2D eigenvalue weighted by molar-refractivity contribution is 5.81. The lowest BCUT2D eigenvalue weighted by Gasteiger charge is -2.15. The van der Waals surface area contributed by atoms with Gasteiger partial charge in [-0.3, -0.25) is 4.79 Å². The maximum absolute atomic E-state index is 11.9. The summed E-state index contributed by atoms with van der Waals surface area (Å²) in [7, 11) is 0. The number of likely N-dealkylation sites (tertiary alicyclic amines) is 1. The van der Waals surface area contributed by atoms with E-state index in [4.69, 9.17) is 5.73 Å².